The highest BCUT2D eigenvalue weighted by Gasteiger charge is 2.23. The number of fused-ring (bicyclic) bond motifs is 3. The third-order valence-electron chi connectivity index (χ3n) is 4.32. The van der Waals surface area contributed by atoms with E-state index >= 15 is 0 Å². The summed E-state index contributed by atoms with van der Waals surface area (Å²) in [5, 5.41) is 17.4. The van der Waals surface area contributed by atoms with Crippen LogP contribution >= 0.6 is 0 Å². The first kappa shape index (κ1) is 14.7. The summed E-state index contributed by atoms with van der Waals surface area (Å²) in [5.74, 6) is 0.386. The molecule has 0 spiro atoms. The van der Waals surface area contributed by atoms with Gasteiger partial charge >= 0.3 is 0 Å². The van der Waals surface area contributed by atoms with Crippen molar-refractivity contribution in [3.63, 3.8) is 0 Å². The van der Waals surface area contributed by atoms with Crippen molar-refractivity contribution in [3.05, 3.63) is 65.9 Å². The van der Waals surface area contributed by atoms with Gasteiger partial charge in [0.05, 0.1) is 11.2 Å². The number of aromatic nitrogens is 3. The lowest BCUT2D eigenvalue weighted by Crippen LogP contribution is -2.09. The zero-order valence-electron chi connectivity index (χ0n) is 13.3. The van der Waals surface area contributed by atoms with Gasteiger partial charge in [-0.1, -0.05) is 48.5 Å². The van der Waals surface area contributed by atoms with Crippen molar-refractivity contribution < 1.29 is 5.11 Å². The molecule has 0 fully saturated rings. The van der Waals surface area contributed by atoms with E-state index in [-0.39, 0.29) is 0 Å². The molecule has 0 saturated heterocycles. The first-order valence-corrected chi connectivity index (χ1v) is 7.98. The van der Waals surface area contributed by atoms with Gasteiger partial charge in [-0.3, -0.25) is 4.68 Å². The highest BCUT2D eigenvalue weighted by Crippen LogP contribution is 2.35. The Kier molecular flexibility index (Phi) is 3.43. The number of aliphatic hydroxyl groups is 1. The minimum atomic E-state index is -0.777. The summed E-state index contributed by atoms with van der Waals surface area (Å²) in [4.78, 5) is 4.44. The van der Waals surface area contributed by atoms with Crippen molar-refractivity contribution in [2.75, 3.05) is 5.73 Å². The first-order valence-electron chi connectivity index (χ1n) is 7.98. The van der Waals surface area contributed by atoms with Crippen LogP contribution in [0.1, 0.15) is 24.3 Å². The molecule has 2 aromatic carbocycles. The van der Waals surface area contributed by atoms with Crippen LogP contribution in [0.2, 0.25) is 0 Å². The van der Waals surface area contributed by atoms with Crippen molar-refractivity contribution in [1.82, 2.24) is 14.8 Å². The summed E-state index contributed by atoms with van der Waals surface area (Å²) in [6.07, 6.45) is -0.777. The van der Waals surface area contributed by atoms with E-state index in [9.17, 15) is 5.11 Å². The Bertz CT molecular complexity index is 1020. The second kappa shape index (κ2) is 5.62. The Labute approximate surface area is 139 Å². The number of para-hydroxylation sites is 1. The zero-order valence-corrected chi connectivity index (χ0v) is 13.3. The molecule has 0 radical (unpaired) electrons. The largest absolute Gasteiger partial charge is 0.382 e. The summed E-state index contributed by atoms with van der Waals surface area (Å²) >= 11 is 0. The van der Waals surface area contributed by atoms with Gasteiger partial charge in [-0.2, -0.15) is 5.10 Å². The Balaban J connectivity index is 2.10. The molecule has 0 aliphatic rings. The van der Waals surface area contributed by atoms with E-state index < -0.39 is 6.10 Å². The second-order valence-electron chi connectivity index (χ2n) is 5.75. The fraction of sp³-hybridized carbons (Fsp3) is 0.158. The van der Waals surface area contributed by atoms with Gasteiger partial charge in [0.2, 0.25) is 0 Å². The van der Waals surface area contributed by atoms with Crippen LogP contribution < -0.4 is 5.73 Å². The lowest BCUT2D eigenvalue weighted by Gasteiger charge is -2.14. The van der Waals surface area contributed by atoms with Crippen LogP contribution in [-0.4, -0.2) is 19.9 Å². The molecule has 2 aromatic heterocycles. The predicted molar refractivity (Wildman–Crippen MR) is 95.6 cm³/mol. The fourth-order valence-electron chi connectivity index (χ4n) is 3.20. The molecule has 1 atom stereocenters. The van der Waals surface area contributed by atoms with Crippen LogP contribution in [0.5, 0.6) is 0 Å². The molecule has 5 nitrogen and oxygen atoms in total. The van der Waals surface area contributed by atoms with Gasteiger partial charge in [0.25, 0.3) is 0 Å². The maximum atomic E-state index is 11.0. The molecule has 3 N–H and O–H groups in total. The minimum Gasteiger partial charge on any atom is -0.382 e. The maximum Gasteiger partial charge on any atom is 0.152 e. The summed E-state index contributed by atoms with van der Waals surface area (Å²) in [5.41, 5.74) is 9.16. The Morgan fingerprint density at radius 3 is 2.54 bits per heavy atom. The van der Waals surface area contributed by atoms with Crippen LogP contribution in [0.4, 0.5) is 5.82 Å². The van der Waals surface area contributed by atoms with Crippen molar-refractivity contribution >= 4 is 27.6 Å². The molecule has 0 aliphatic carbocycles. The molecular weight excluding hydrogens is 300 g/mol. The molecule has 5 heteroatoms. The summed E-state index contributed by atoms with van der Waals surface area (Å²) in [7, 11) is 0. The number of nitrogen functional groups attached to an aromatic ring is 1. The number of pyridine rings is 1. The topological polar surface area (TPSA) is 77.0 Å². The van der Waals surface area contributed by atoms with Crippen molar-refractivity contribution in [3.8, 4) is 0 Å². The summed E-state index contributed by atoms with van der Waals surface area (Å²) < 4.78 is 1.81. The Hall–Kier alpha value is -2.92. The number of nitrogens with two attached hydrogens (primary N) is 1. The SMILES string of the molecule is CCn1nc2c(N)nc3ccccc3c2c1C(O)c1ccccc1. The first-order chi connectivity index (χ1) is 11.7. The molecule has 1 unspecified atom stereocenters. The van der Waals surface area contributed by atoms with Crippen LogP contribution in [0.15, 0.2) is 54.6 Å². The third-order valence-corrected chi connectivity index (χ3v) is 4.32. The van der Waals surface area contributed by atoms with Gasteiger partial charge in [-0.05, 0) is 18.6 Å². The normalized spacial score (nSPS) is 12.8. The van der Waals surface area contributed by atoms with Crippen LogP contribution in [0.25, 0.3) is 21.8 Å². The Morgan fingerprint density at radius 1 is 1.08 bits per heavy atom. The van der Waals surface area contributed by atoms with E-state index in [0.29, 0.717) is 17.9 Å². The quantitative estimate of drug-likeness (QED) is 0.608. The lowest BCUT2D eigenvalue weighted by atomic mass is 10.0. The highest BCUT2D eigenvalue weighted by molar-refractivity contribution is 6.09. The number of anilines is 1. The number of aliphatic hydroxyl groups excluding tert-OH is 1. The number of aryl methyl sites for hydroxylation is 1. The van der Waals surface area contributed by atoms with Gasteiger partial charge in [-0.15, -0.1) is 0 Å². The van der Waals surface area contributed by atoms with Gasteiger partial charge in [0, 0.05) is 17.3 Å². The third kappa shape index (κ3) is 2.13. The number of benzene rings is 2. The molecule has 0 amide bonds. The fourth-order valence-corrected chi connectivity index (χ4v) is 3.20. The number of hydrogen-bond acceptors (Lipinski definition) is 4. The molecule has 0 aliphatic heterocycles. The molecule has 4 rings (SSSR count). The number of rotatable bonds is 3. The molecule has 120 valence electrons. The summed E-state index contributed by atoms with van der Waals surface area (Å²) in [6.45, 7) is 2.64. The molecule has 4 aromatic rings. The molecule has 2 heterocycles. The van der Waals surface area contributed by atoms with E-state index in [1.807, 2.05) is 66.2 Å². The molecule has 24 heavy (non-hydrogen) atoms. The van der Waals surface area contributed by atoms with Crippen LogP contribution in [0.3, 0.4) is 0 Å². The molecule has 0 saturated carbocycles. The van der Waals surface area contributed by atoms with Crippen molar-refractivity contribution in [2.45, 2.75) is 19.6 Å². The van der Waals surface area contributed by atoms with Crippen LogP contribution in [-0.2, 0) is 6.54 Å². The highest BCUT2D eigenvalue weighted by atomic mass is 16.3. The van der Waals surface area contributed by atoms with Gasteiger partial charge < -0.3 is 10.8 Å². The Morgan fingerprint density at radius 2 is 1.79 bits per heavy atom. The van der Waals surface area contributed by atoms with E-state index in [0.717, 1.165) is 27.5 Å². The van der Waals surface area contributed by atoms with Gasteiger partial charge in [0.1, 0.15) is 11.6 Å². The molecular formula is C19H18N4O. The van der Waals surface area contributed by atoms with E-state index in [4.69, 9.17) is 5.73 Å². The smallest absolute Gasteiger partial charge is 0.152 e. The standard InChI is InChI=1S/C19H18N4O/c1-2-23-17(18(24)12-8-4-3-5-9-12)15-13-10-6-7-11-14(13)21-19(20)16(15)22-23/h3-11,18,24H,2H2,1H3,(H2,20,21). The van der Waals surface area contributed by atoms with Gasteiger partial charge in [-0.25, -0.2) is 4.98 Å². The zero-order chi connectivity index (χ0) is 16.7. The summed E-state index contributed by atoms with van der Waals surface area (Å²) in [6, 6.07) is 17.4. The van der Waals surface area contributed by atoms with E-state index in [1.165, 1.54) is 0 Å². The van der Waals surface area contributed by atoms with Crippen molar-refractivity contribution in [2.24, 2.45) is 0 Å². The van der Waals surface area contributed by atoms with Crippen LogP contribution in [0, 0.1) is 0 Å². The second-order valence-corrected chi connectivity index (χ2v) is 5.75. The minimum absolute atomic E-state index is 0.386. The van der Waals surface area contributed by atoms with E-state index in [2.05, 4.69) is 10.1 Å². The van der Waals surface area contributed by atoms with Gasteiger partial charge in [0.15, 0.2) is 5.82 Å². The van der Waals surface area contributed by atoms with Crippen molar-refractivity contribution in [1.29, 1.82) is 0 Å². The molecule has 0 bridgehead atoms. The lowest BCUT2D eigenvalue weighted by molar-refractivity contribution is 0.209. The predicted octanol–water partition coefficient (Wildman–Crippen LogP) is 3.27. The monoisotopic (exact) mass is 318 g/mol. The maximum absolute atomic E-state index is 11.0. The van der Waals surface area contributed by atoms with E-state index in [1.54, 1.807) is 0 Å². The number of nitrogens with zero attached hydrogens (tertiary/aromatic N) is 3. The average Bonchev–Trinajstić information content (AvgIpc) is 3.02. The number of hydrogen-bond donors (Lipinski definition) is 2. The average molecular weight is 318 g/mol.